The zero-order chi connectivity index (χ0) is 48.8. The summed E-state index contributed by atoms with van der Waals surface area (Å²) in [6.45, 7) is 9.08. The molecular formula is C61H118O6. The Morgan fingerprint density at radius 2 is 0.493 bits per heavy atom. The van der Waals surface area contributed by atoms with Gasteiger partial charge in [-0.25, -0.2) is 0 Å². The minimum absolute atomic E-state index is 0.0615. The summed E-state index contributed by atoms with van der Waals surface area (Å²) >= 11 is 0. The molecule has 67 heavy (non-hydrogen) atoms. The zero-order valence-corrected chi connectivity index (χ0v) is 45.9. The van der Waals surface area contributed by atoms with Crippen LogP contribution in [0.3, 0.4) is 0 Å². The Hall–Kier alpha value is -1.59. The van der Waals surface area contributed by atoms with Crippen molar-refractivity contribution in [2.75, 3.05) is 13.2 Å². The SMILES string of the molecule is CCCCCCCCCCCCCCCCCCCCC(=O)OC[C@@H](COC(=O)CCCCCCCCCCCCCCCC)OC(=O)CCCCCCCCCCCCCCCCC(C)C. The number of ether oxygens (including phenoxy) is 3. The highest BCUT2D eigenvalue weighted by molar-refractivity contribution is 5.71. The lowest BCUT2D eigenvalue weighted by molar-refractivity contribution is -0.167. The molecule has 0 saturated carbocycles. The van der Waals surface area contributed by atoms with Gasteiger partial charge in [0.05, 0.1) is 0 Å². The van der Waals surface area contributed by atoms with Crippen LogP contribution in [0.2, 0.25) is 0 Å². The van der Waals surface area contributed by atoms with Crippen LogP contribution in [-0.4, -0.2) is 37.2 Å². The molecule has 0 rings (SSSR count). The molecular weight excluding hydrogens is 829 g/mol. The molecule has 0 radical (unpaired) electrons. The molecule has 0 amide bonds. The molecule has 0 fully saturated rings. The quantitative estimate of drug-likeness (QED) is 0.0343. The molecule has 0 heterocycles. The topological polar surface area (TPSA) is 78.9 Å². The van der Waals surface area contributed by atoms with Crippen LogP contribution in [0.15, 0.2) is 0 Å². The van der Waals surface area contributed by atoms with Gasteiger partial charge in [-0.1, -0.05) is 310 Å². The van der Waals surface area contributed by atoms with Crippen LogP contribution >= 0.6 is 0 Å². The van der Waals surface area contributed by atoms with E-state index in [-0.39, 0.29) is 31.1 Å². The summed E-state index contributed by atoms with van der Waals surface area (Å²) in [5, 5.41) is 0. The maximum Gasteiger partial charge on any atom is 0.306 e. The van der Waals surface area contributed by atoms with Gasteiger partial charge < -0.3 is 14.2 Å². The first-order valence-electron chi connectivity index (χ1n) is 30.4. The van der Waals surface area contributed by atoms with Gasteiger partial charge in [0.1, 0.15) is 13.2 Å². The zero-order valence-electron chi connectivity index (χ0n) is 45.9. The van der Waals surface area contributed by atoms with E-state index in [1.807, 2.05) is 0 Å². The molecule has 0 aliphatic heterocycles. The maximum absolute atomic E-state index is 12.9. The Kier molecular flexibility index (Phi) is 54.0. The first-order chi connectivity index (χ1) is 32.9. The van der Waals surface area contributed by atoms with E-state index in [4.69, 9.17) is 14.2 Å². The number of esters is 3. The van der Waals surface area contributed by atoms with Gasteiger partial charge in [0.15, 0.2) is 6.10 Å². The molecule has 1 atom stereocenters. The summed E-state index contributed by atoms with van der Waals surface area (Å²) in [5.74, 6) is 0.0122. The van der Waals surface area contributed by atoms with Crippen LogP contribution in [-0.2, 0) is 28.6 Å². The predicted octanol–water partition coefficient (Wildman–Crippen LogP) is 20.2. The summed E-state index contributed by atoms with van der Waals surface area (Å²) in [7, 11) is 0. The molecule has 0 aromatic rings. The minimum Gasteiger partial charge on any atom is -0.462 e. The molecule has 6 heteroatoms. The fourth-order valence-corrected chi connectivity index (χ4v) is 9.46. The second-order valence-electron chi connectivity index (χ2n) is 21.5. The normalized spacial score (nSPS) is 12.0. The fourth-order valence-electron chi connectivity index (χ4n) is 9.46. The van der Waals surface area contributed by atoms with Crippen LogP contribution in [0.25, 0.3) is 0 Å². The molecule has 0 aromatic carbocycles. The third-order valence-corrected chi connectivity index (χ3v) is 14.0. The van der Waals surface area contributed by atoms with E-state index in [9.17, 15) is 14.4 Å². The molecule has 0 spiro atoms. The van der Waals surface area contributed by atoms with Crippen LogP contribution in [0.5, 0.6) is 0 Å². The van der Waals surface area contributed by atoms with Crippen molar-refractivity contribution in [1.29, 1.82) is 0 Å². The third-order valence-electron chi connectivity index (χ3n) is 14.0. The predicted molar refractivity (Wildman–Crippen MR) is 289 cm³/mol. The standard InChI is InChI=1S/C61H118O6/c1-5-7-9-11-13-15-17-19-21-22-23-24-29-33-37-41-45-49-53-60(63)66-56-58(55-65-59(62)52-48-44-40-36-32-28-20-18-16-14-12-10-8-6-2)67-61(64)54-50-46-42-38-34-30-26-25-27-31-35-39-43-47-51-57(3)4/h57-58H,5-56H2,1-4H3/t58-/m1/s1. The first kappa shape index (κ1) is 65.4. The monoisotopic (exact) mass is 947 g/mol. The highest BCUT2D eigenvalue weighted by Crippen LogP contribution is 2.18. The maximum atomic E-state index is 12.9. The van der Waals surface area contributed by atoms with Crippen LogP contribution < -0.4 is 0 Å². The largest absolute Gasteiger partial charge is 0.462 e. The van der Waals surface area contributed by atoms with Crippen molar-refractivity contribution < 1.29 is 28.6 Å². The Bertz CT molecular complexity index is 1010. The van der Waals surface area contributed by atoms with Crippen LogP contribution in [0.4, 0.5) is 0 Å². The Balaban J connectivity index is 4.28. The Morgan fingerprint density at radius 1 is 0.284 bits per heavy atom. The lowest BCUT2D eigenvalue weighted by Crippen LogP contribution is -2.30. The van der Waals surface area contributed by atoms with E-state index in [1.165, 1.54) is 244 Å². The number of unbranched alkanes of at least 4 members (excludes halogenated alkanes) is 43. The molecule has 0 aliphatic rings. The van der Waals surface area contributed by atoms with Crippen LogP contribution in [0.1, 0.15) is 349 Å². The van der Waals surface area contributed by atoms with Crippen molar-refractivity contribution in [2.45, 2.75) is 355 Å². The average molecular weight is 948 g/mol. The van der Waals surface area contributed by atoms with E-state index in [1.54, 1.807) is 0 Å². The molecule has 0 bridgehead atoms. The molecule has 0 saturated heterocycles. The van der Waals surface area contributed by atoms with Crippen molar-refractivity contribution in [1.82, 2.24) is 0 Å². The number of hydrogen-bond acceptors (Lipinski definition) is 6. The summed E-state index contributed by atoms with van der Waals surface area (Å²) in [4.78, 5) is 38.2. The lowest BCUT2D eigenvalue weighted by Gasteiger charge is -2.18. The van der Waals surface area contributed by atoms with Gasteiger partial charge in [-0.2, -0.15) is 0 Å². The van der Waals surface area contributed by atoms with E-state index < -0.39 is 6.10 Å². The Labute approximate surface area is 418 Å². The molecule has 6 nitrogen and oxygen atoms in total. The van der Waals surface area contributed by atoms with E-state index in [2.05, 4.69) is 27.7 Å². The van der Waals surface area contributed by atoms with Gasteiger partial charge in [0.25, 0.3) is 0 Å². The van der Waals surface area contributed by atoms with Gasteiger partial charge in [-0.3, -0.25) is 14.4 Å². The van der Waals surface area contributed by atoms with E-state index >= 15 is 0 Å². The number of rotatable bonds is 56. The number of carbonyl (C=O) groups is 3. The lowest BCUT2D eigenvalue weighted by atomic mass is 10.0. The molecule has 0 aliphatic carbocycles. The van der Waals surface area contributed by atoms with E-state index in [0.29, 0.717) is 19.3 Å². The number of carbonyl (C=O) groups excluding carboxylic acids is 3. The van der Waals surface area contributed by atoms with Crippen LogP contribution in [0, 0.1) is 5.92 Å². The van der Waals surface area contributed by atoms with Gasteiger partial charge in [-0.15, -0.1) is 0 Å². The fraction of sp³-hybridized carbons (Fsp3) is 0.951. The smallest absolute Gasteiger partial charge is 0.306 e. The van der Waals surface area contributed by atoms with Crippen molar-refractivity contribution in [3.05, 3.63) is 0 Å². The van der Waals surface area contributed by atoms with Gasteiger partial charge in [0.2, 0.25) is 0 Å². The van der Waals surface area contributed by atoms with Crippen molar-refractivity contribution in [3.63, 3.8) is 0 Å². The van der Waals surface area contributed by atoms with Gasteiger partial charge >= 0.3 is 17.9 Å². The van der Waals surface area contributed by atoms with Crippen molar-refractivity contribution in [3.8, 4) is 0 Å². The highest BCUT2D eigenvalue weighted by atomic mass is 16.6. The summed E-state index contributed by atoms with van der Waals surface area (Å²) < 4.78 is 16.9. The van der Waals surface area contributed by atoms with Gasteiger partial charge in [0, 0.05) is 19.3 Å². The minimum atomic E-state index is -0.762. The summed E-state index contributed by atoms with van der Waals surface area (Å²) in [6.07, 6.45) is 60.9. The first-order valence-corrected chi connectivity index (χ1v) is 30.4. The molecule has 0 N–H and O–H groups in total. The molecule has 0 aromatic heterocycles. The molecule has 0 unspecified atom stereocenters. The average Bonchev–Trinajstić information content (AvgIpc) is 3.31. The highest BCUT2D eigenvalue weighted by Gasteiger charge is 2.19. The van der Waals surface area contributed by atoms with Crippen molar-refractivity contribution >= 4 is 17.9 Å². The summed E-state index contributed by atoms with van der Waals surface area (Å²) in [5.41, 5.74) is 0. The third kappa shape index (κ3) is 55.2. The van der Waals surface area contributed by atoms with Crippen molar-refractivity contribution in [2.24, 2.45) is 5.92 Å². The number of hydrogen-bond donors (Lipinski definition) is 0. The van der Waals surface area contributed by atoms with E-state index in [0.717, 1.165) is 63.7 Å². The van der Waals surface area contributed by atoms with Gasteiger partial charge in [-0.05, 0) is 25.2 Å². The second kappa shape index (κ2) is 55.3. The summed E-state index contributed by atoms with van der Waals surface area (Å²) in [6, 6.07) is 0. The Morgan fingerprint density at radius 3 is 0.731 bits per heavy atom. The second-order valence-corrected chi connectivity index (χ2v) is 21.5. The molecule has 398 valence electrons.